The van der Waals surface area contributed by atoms with Crippen molar-refractivity contribution in [1.29, 1.82) is 0 Å². The number of amides is 1. The molecule has 2 aromatic carbocycles. The molecular formula is C20H25N3O2. The van der Waals surface area contributed by atoms with Crippen LogP contribution in [0.1, 0.15) is 12.5 Å². The third kappa shape index (κ3) is 5.31. The average Bonchev–Trinajstić information content (AvgIpc) is 2.65. The van der Waals surface area contributed by atoms with Gasteiger partial charge in [-0.15, -0.1) is 0 Å². The van der Waals surface area contributed by atoms with Crippen molar-refractivity contribution >= 4 is 11.8 Å². The van der Waals surface area contributed by atoms with Gasteiger partial charge in [-0.05, 0) is 36.4 Å². The van der Waals surface area contributed by atoms with Crippen molar-refractivity contribution in [3.63, 3.8) is 0 Å². The number of para-hydroxylation sites is 1. The Balaban J connectivity index is 1.48. The largest absolute Gasteiger partial charge is 0.417 e. The number of likely N-dealkylation sites (N-methyl/N-ethyl adjacent to an activating group) is 1. The minimum absolute atomic E-state index is 0.477. The summed E-state index contributed by atoms with van der Waals surface area (Å²) in [5.41, 5.74) is 1.99. The second kappa shape index (κ2) is 8.65. The molecule has 0 saturated carbocycles. The van der Waals surface area contributed by atoms with Gasteiger partial charge in [0.05, 0.1) is 0 Å². The monoisotopic (exact) mass is 339 g/mol. The third-order valence-electron chi connectivity index (χ3n) is 4.47. The van der Waals surface area contributed by atoms with E-state index in [1.165, 1.54) is 5.56 Å². The predicted octanol–water partition coefficient (Wildman–Crippen LogP) is 3.44. The number of hydrogen-bond donors (Lipinski definition) is 1. The molecule has 25 heavy (non-hydrogen) atoms. The SMILES string of the molecule is CCN1CCN(Cc2ccc(NC(=O)Oc3ccccc3)cc2)CC1. The number of nitrogens with one attached hydrogen (secondary N) is 1. The number of ether oxygens (including phenoxy) is 1. The van der Waals surface area contributed by atoms with Crippen molar-refractivity contribution in [2.75, 3.05) is 38.0 Å². The molecule has 0 unspecified atom stereocenters. The van der Waals surface area contributed by atoms with E-state index in [2.05, 4.69) is 34.2 Å². The maximum Gasteiger partial charge on any atom is 0.417 e. The van der Waals surface area contributed by atoms with E-state index in [4.69, 9.17) is 4.74 Å². The minimum Gasteiger partial charge on any atom is -0.410 e. The maximum absolute atomic E-state index is 11.9. The van der Waals surface area contributed by atoms with Gasteiger partial charge in [-0.2, -0.15) is 0 Å². The second-order valence-corrected chi connectivity index (χ2v) is 6.23. The summed E-state index contributed by atoms with van der Waals surface area (Å²) in [4.78, 5) is 16.8. The fourth-order valence-electron chi connectivity index (χ4n) is 2.95. The van der Waals surface area contributed by atoms with Crippen LogP contribution in [-0.4, -0.2) is 48.6 Å². The maximum atomic E-state index is 11.9. The number of hydrogen-bond acceptors (Lipinski definition) is 4. The lowest BCUT2D eigenvalue weighted by Gasteiger charge is -2.34. The third-order valence-corrected chi connectivity index (χ3v) is 4.47. The van der Waals surface area contributed by atoms with Crippen molar-refractivity contribution in [1.82, 2.24) is 9.80 Å². The number of piperazine rings is 1. The van der Waals surface area contributed by atoms with Crippen molar-refractivity contribution in [2.24, 2.45) is 0 Å². The summed E-state index contributed by atoms with van der Waals surface area (Å²) in [7, 11) is 0. The van der Waals surface area contributed by atoms with Gasteiger partial charge < -0.3 is 9.64 Å². The molecule has 5 nitrogen and oxygen atoms in total. The van der Waals surface area contributed by atoms with Gasteiger partial charge in [0.15, 0.2) is 0 Å². The van der Waals surface area contributed by atoms with E-state index in [9.17, 15) is 4.79 Å². The first-order valence-corrected chi connectivity index (χ1v) is 8.80. The molecule has 0 radical (unpaired) electrons. The van der Waals surface area contributed by atoms with E-state index in [0.717, 1.165) is 45.0 Å². The molecule has 1 saturated heterocycles. The van der Waals surface area contributed by atoms with Gasteiger partial charge in [0.1, 0.15) is 5.75 Å². The lowest BCUT2D eigenvalue weighted by Crippen LogP contribution is -2.45. The number of benzene rings is 2. The van der Waals surface area contributed by atoms with Gasteiger partial charge in [0, 0.05) is 38.4 Å². The molecule has 0 bridgehead atoms. The highest BCUT2D eigenvalue weighted by atomic mass is 16.6. The van der Waals surface area contributed by atoms with Gasteiger partial charge in [-0.1, -0.05) is 37.3 Å². The minimum atomic E-state index is -0.477. The summed E-state index contributed by atoms with van der Waals surface area (Å²) < 4.78 is 5.23. The number of nitrogens with zero attached hydrogens (tertiary/aromatic N) is 2. The second-order valence-electron chi connectivity index (χ2n) is 6.23. The van der Waals surface area contributed by atoms with E-state index in [1.54, 1.807) is 12.1 Å². The molecule has 1 aliphatic rings. The fourth-order valence-corrected chi connectivity index (χ4v) is 2.95. The van der Waals surface area contributed by atoms with Crippen molar-refractivity contribution in [3.8, 4) is 5.75 Å². The topological polar surface area (TPSA) is 44.8 Å². The summed E-state index contributed by atoms with van der Waals surface area (Å²) in [6.07, 6.45) is -0.477. The summed E-state index contributed by atoms with van der Waals surface area (Å²) in [5.74, 6) is 0.530. The fraction of sp³-hybridized carbons (Fsp3) is 0.350. The van der Waals surface area contributed by atoms with Crippen molar-refractivity contribution < 1.29 is 9.53 Å². The molecule has 0 atom stereocenters. The van der Waals surface area contributed by atoms with Gasteiger partial charge in [0.2, 0.25) is 0 Å². The smallest absolute Gasteiger partial charge is 0.410 e. The molecule has 3 rings (SSSR count). The Morgan fingerprint density at radius 1 is 0.960 bits per heavy atom. The van der Waals surface area contributed by atoms with Crippen LogP contribution in [0, 0.1) is 0 Å². The van der Waals surface area contributed by atoms with Crippen LogP contribution in [0.5, 0.6) is 5.75 Å². The Kier molecular flexibility index (Phi) is 6.04. The van der Waals surface area contributed by atoms with Crippen LogP contribution in [-0.2, 0) is 6.54 Å². The van der Waals surface area contributed by atoms with E-state index < -0.39 is 6.09 Å². The van der Waals surface area contributed by atoms with Crippen LogP contribution in [0.4, 0.5) is 10.5 Å². The van der Waals surface area contributed by atoms with E-state index >= 15 is 0 Å². The zero-order valence-electron chi connectivity index (χ0n) is 14.6. The summed E-state index contributed by atoms with van der Waals surface area (Å²) in [6, 6.07) is 17.0. The Labute approximate surface area is 149 Å². The molecular weight excluding hydrogens is 314 g/mol. The Hall–Kier alpha value is -2.37. The van der Waals surface area contributed by atoms with Crippen LogP contribution in [0.25, 0.3) is 0 Å². The van der Waals surface area contributed by atoms with Crippen LogP contribution >= 0.6 is 0 Å². The quantitative estimate of drug-likeness (QED) is 0.906. The Bertz CT molecular complexity index is 665. The number of carbonyl (C=O) groups excluding carboxylic acids is 1. The standard InChI is InChI=1S/C20H25N3O2/c1-2-22-12-14-23(15-13-22)16-17-8-10-18(11-9-17)21-20(24)25-19-6-4-3-5-7-19/h3-11H,2,12-16H2,1H3,(H,21,24). The molecule has 1 heterocycles. The van der Waals surface area contributed by atoms with Gasteiger partial charge in [-0.25, -0.2) is 4.79 Å². The molecule has 2 aromatic rings. The van der Waals surface area contributed by atoms with Gasteiger partial charge >= 0.3 is 6.09 Å². The first-order valence-electron chi connectivity index (χ1n) is 8.80. The number of anilines is 1. The van der Waals surface area contributed by atoms with E-state index in [-0.39, 0.29) is 0 Å². The lowest BCUT2D eigenvalue weighted by atomic mass is 10.2. The average molecular weight is 339 g/mol. The molecule has 0 aliphatic carbocycles. The van der Waals surface area contributed by atoms with Gasteiger partial charge in [0.25, 0.3) is 0 Å². The Morgan fingerprint density at radius 2 is 1.60 bits per heavy atom. The van der Waals surface area contributed by atoms with Crippen LogP contribution in [0.15, 0.2) is 54.6 Å². The number of rotatable bonds is 5. The molecule has 0 aromatic heterocycles. The zero-order valence-corrected chi connectivity index (χ0v) is 14.6. The molecule has 1 amide bonds. The molecule has 132 valence electrons. The van der Waals surface area contributed by atoms with Crippen LogP contribution in [0.2, 0.25) is 0 Å². The molecule has 1 fully saturated rings. The van der Waals surface area contributed by atoms with Gasteiger partial charge in [-0.3, -0.25) is 10.2 Å². The van der Waals surface area contributed by atoms with Crippen LogP contribution in [0.3, 0.4) is 0 Å². The highest BCUT2D eigenvalue weighted by Gasteiger charge is 2.15. The molecule has 5 heteroatoms. The first-order chi connectivity index (χ1) is 12.2. The summed E-state index contributed by atoms with van der Waals surface area (Å²) in [5, 5.41) is 2.75. The molecule has 1 N–H and O–H groups in total. The van der Waals surface area contributed by atoms with Crippen molar-refractivity contribution in [2.45, 2.75) is 13.5 Å². The molecule has 1 aliphatic heterocycles. The van der Waals surface area contributed by atoms with Crippen molar-refractivity contribution in [3.05, 3.63) is 60.2 Å². The normalized spacial score (nSPS) is 15.7. The first kappa shape index (κ1) is 17.5. The number of carbonyl (C=O) groups is 1. The summed E-state index contributed by atoms with van der Waals surface area (Å²) in [6.45, 7) is 8.79. The predicted molar refractivity (Wildman–Crippen MR) is 99.9 cm³/mol. The lowest BCUT2D eigenvalue weighted by molar-refractivity contribution is 0.132. The highest BCUT2D eigenvalue weighted by molar-refractivity contribution is 5.86. The Morgan fingerprint density at radius 3 is 2.24 bits per heavy atom. The highest BCUT2D eigenvalue weighted by Crippen LogP contribution is 2.14. The summed E-state index contributed by atoms with van der Waals surface area (Å²) >= 11 is 0. The molecule has 0 spiro atoms. The van der Waals surface area contributed by atoms with Crippen LogP contribution < -0.4 is 10.1 Å². The zero-order chi connectivity index (χ0) is 17.5. The van der Waals surface area contributed by atoms with E-state index in [0.29, 0.717) is 5.75 Å². The van der Waals surface area contributed by atoms with E-state index in [1.807, 2.05) is 30.3 Å².